The topological polar surface area (TPSA) is 22.0 Å². The molecule has 0 spiro atoms. The maximum absolute atomic E-state index is 13.1. The number of hydrogen-bond donors (Lipinski definition) is 0. The molecule has 0 bridgehead atoms. The fourth-order valence-electron chi connectivity index (χ4n) is 1.75. The number of aromatic nitrogens is 1. The van der Waals surface area contributed by atoms with Crippen LogP contribution in [0.1, 0.15) is 24.5 Å². The molecule has 0 saturated carbocycles. The number of benzene rings is 1. The molecule has 2 nitrogen and oxygen atoms in total. The number of halogens is 4. The maximum atomic E-state index is 13.1. The van der Waals surface area contributed by atoms with Crippen molar-refractivity contribution in [2.45, 2.75) is 19.3 Å². The molecule has 0 unspecified atom stereocenters. The van der Waals surface area contributed by atoms with Crippen molar-refractivity contribution < 1.29 is 17.6 Å². The first-order valence-corrected chi connectivity index (χ1v) is 5.78. The lowest BCUT2D eigenvalue weighted by Crippen LogP contribution is -2.17. The van der Waals surface area contributed by atoms with E-state index in [1.54, 1.807) is 0 Å². The van der Waals surface area contributed by atoms with Crippen molar-refractivity contribution in [2.75, 3.05) is 0 Å². The van der Waals surface area contributed by atoms with Gasteiger partial charge in [-0.15, -0.1) is 0 Å². The quantitative estimate of drug-likeness (QED) is 0.784. The van der Waals surface area contributed by atoms with E-state index in [1.165, 1.54) is 12.1 Å². The molecule has 0 amide bonds. The monoisotopic (exact) mass is 285 g/mol. The van der Waals surface area contributed by atoms with Crippen LogP contribution < -0.4 is 5.56 Å². The largest absolute Gasteiger partial charge is 0.284 e. The Kier molecular flexibility index (Phi) is 3.65. The molecular weight excluding hydrogens is 274 g/mol. The lowest BCUT2D eigenvalue weighted by Gasteiger charge is -2.12. The van der Waals surface area contributed by atoms with Crippen molar-refractivity contribution in [3.63, 3.8) is 0 Å². The molecule has 0 aliphatic carbocycles. The SMILES string of the molecule is CC(F)(F)c1ccc(-n2cc(C(F)F)ccc2=O)cc1. The van der Waals surface area contributed by atoms with E-state index in [9.17, 15) is 22.4 Å². The summed E-state index contributed by atoms with van der Waals surface area (Å²) in [4.78, 5) is 11.6. The summed E-state index contributed by atoms with van der Waals surface area (Å²) < 4.78 is 52.3. The van der Waals surface area contributed by atoms with Crippen molar-refractivity contribution >= 4 is 0 Å². The first-order chi connectivity index (χ1) is 9.29. The highest BCUT2D eigenvalue weighted by Crippen LogP contribution is 2.27. The molecule has 2 rings (SSSR count). The van der Waals surface area contributed by atoms with Crippen LogP contribution in [0.3, 0.4) is 0 Å². The Balaban J connectivity index is 2.46. The van der Waals surface area contributed by atoms with E-state index in [0.29, 0.717) is 0 Å². The lowest BCUT2D eigenvalue weighted by molar-refractivity contribution is 0.0175. The summed E-state index contributed by atoms with van der Waals surface area (Å²) in [5.74, 6) is -2.99. The van der Waals surface area contributed by atoms with Gasteiger partial charge in [0.2, 0.25) is 0 Å². The van der Waals surface area contributed by atoms with Gasteiger partial charge in [0.25, 0.3) is 17.9 Å². The smallest absolute Gasteiger partial charge is 0.270 e. The summed E-state index contributed by atoms with van der Waals surface area (Å²) in [5, 5.41) is 0. The molecule has 0 N–H and O–H groups in total. The van der Waals surface area contributed by atoms with Crippen LogP contribution in [0.25, 0.3) is 5.69 Å². The second-order valence-electron chi connectivity index (χ2n) is 4.41. The number of nitrogens with zero attached hydrogens (tertiary/aromatic N) is 1. The molecule has 0 aliphatic rings. The van der Waals surface area contributed by atoms with Gasteiger partial charge >= 0.3 is 0 Å². The van der Waals surface area contributed by atoms with Crippen LogP contribution in [0, 0.1) is 0 Å². The van der Waals surface area contributed by atoms with E-state index in [4.69, 9.17) is 0 Å². The Morgan fingerprint density at radius 3 is 2.15 bits per heavy atom. The minimum atomic E-state index is -2.99. The van der Waals surface area contributed by atoms with Gasteiger partial charge in [-0.05, 0) is 18.2 Å². The highest BCUT2D eigenvalue weighted by Gasteiger charge is 2.23. The molecule has 106 valence electrons. The van der Waals surface area contributed by atoms with Crippen molar-refractivity contribution in [3.05, 3.63) is 64.1 Å². The van der Waals surface area contributed by atoms with Crippen LogP contribution in [0.15, 0.2) is 47.4 Å². The first kappa shape index (κ1) is 14.3. The fourth-order valence-corrected chi connectivity index (χ4v) is 1.75. The number of alkyl halides is 4. The van der Waals surface area contributed by atoms with Gasteiger partial charge in [-0.3, -0.25) is 9.36 Å². The van der Waals surface area contributed by atoms with Crippen LogP contribution in [0.4, 0.5) is 17.6 Å². The zero-order valence-electron chi connectivity index (χ0n) is 10.5. The summed E-state index contributed by atoms with van der Waals surface area (Å²) in [6.07, 6.45) is -1.70. The molecule has 6 heteroatoms. The molecular formula is C14H11F4NO. The molecule has 0 saturated heterocycles. The second-order valence-corrected chi connectivity index (χ2v) is 4.41. The van der Waals surface area contributed by atoms with E-state index in [0.717, 1.165) is 42.0 Å². The van der Waals surface area contributed by atoms with Gasteiger partial charge in [-0.1, -0.05) is 12.1 Å². The van der Waals surface area contributed by atoms with E-state index in [1.807, 2.05) is 0 Å². The van der Waals surface area contributed by atoms with Gasteiger partial charge in [-0.2, -0.15) is 0 Å². The lowest BCUT2D eigenvalue weighted by atomic mass is 10.1. The Morgan fingerprint density at radius 1 is 1.05 bits per heavy atom. The molecule has 2 aromatic rings. The zero-order chi connectivity index (χ0) is 14.9. The van der Waals surface area contributed by atoms with E-state index >= 15 is 0 Å². The average molecular weight is 285 g/mol. The van der Waals surface area contributed by atoms with Crippen molar-refractivity contribution in [3.8, 4) is 5.69 Å². The molecule has 1 aromatic carbocycles. The summed E-state index contributed by atoms with van der Waals surface area (Å²) in [6, 6.07) is 6.97. The minimum Gasteiger partial charge on any atom is -0.284 e. The van der Waals surface area contributed by atoms with Gasteiger partial charge in [0.05, 0.1) is 0 Å². The highest BCUT2D eigenvalue weighted by molar-refractivity contribution is 5.37. The second kappa shape index (κ2) is 5.11. The molecule has 0 fully saturated rings. The first-order valence-electron chi connectivity index (χ1n) is 5.78. The third-order valence-corrected chi connectivity index (χ3v) is 2.84. The maximum Gasteiger partial charge on any atom is 0.270 e. The Hall–Kier alpha value is -2.11. The Bertz CT molecular complexity index is 656. The third kappa shape index (κ3) is 2.89. The summed E-state index contributed by atoms with van der Waals surface area (Å²) >= 11 is 0. The summed E-state index contributed by atoms with van der Waals surface area (Å²) in [7, 11) is 0. The fraction of sp³-hybridized carbons (Fsp3) is 0.214. The average Bonchev–Trinajstić information content (AvgIpc) is 2.38. The van der Waals surface area contributed by atoms with Gasteiger partial charge in [0.15, 0.2) is 0 Å². The molecule has 1 aromatic heterocycles. The number of pyridine rings is 1. The molecule has 0 aliphatic heterocycles. The standard InChI is InChI=1S/C14H11F4NO/c1-14(17,18)10-3-5-11(6-4-10)19-8-9(13(15)16)2-7-12(19)20/h2-8,13H,1H3. The van der Waals surface area contributed by atoms with Crippen molar-refractivity contribution in [1.82, 2.24) is 4.57 Å². The molecule has 1 heterocycles. The normalized spacial score (nSPS) is 11.9. The summed E-state index contributed by atoms with van der Waals surface area (Å²) in [6.45, 7) is 0.756. The van der Waals surface area contributed by atoms with Crippen LogP contribution in [0.5, 0.6) is 0 Å². The van der Waals surface area contributed by atoms with Gasteiger partial charge in [0.1, 0.15) is 0 Å². The van der Waals surface area contributed by atoms with E-state index in [-0.39, 0.29) is 16.8 Å². The predicted octanol–water partition coefficient (Wildman–Crippen LogP) is 3.89. The minimum absolute atomic E-state index is 0.209. The Morgan fingerprint density at radius 2 is 1.65 bits per heavy atom. The molecule has 0 radical (unpaired) electrons. The van der Waals surface area contributed by atoms with Crippen LogP contribution in [-0.2, 0) is 5.92 Å². The van der Waals surface area contributed by atoms with E-state index in [2.05, 4.69) is 0 Å². The molecule has 20 heavy (non-hydrogen) atoms. The van der Waals surface area contributed by atoms with Crippen LogP contribution >= 0.6 is 0 Å². The summed E-state index contributed by atoms with van der Waals surface area (Å²) in [5.41, 5.74) is -0.773. The van der Waals surface area contributed by atoms with Gasteiger partial charge in [0, 0.05) is 36.0 Å². The van der Waals surface area contributed by atoms with Crippen LogP contribution in [0.2, 0.25) is 0 Å². The molecule has 0 atom stereocenters. The van der Waals surface area contributed by atoms with E-state index < -0.39 is 17.9 Å². The van der Waals surface area contributed by atoms with Gasteiger partial charge in [-0.25, -0.2) is 17.6 Å². The zero-order valence-corrected chi connectivity index (χ0v) is 10.5. The van der Waals surface area contributed by atoms with Crippen molar-refractivity contribution in [1.29, 1.82) is 0 Å². The van der Waals surface area contributed by atoms with Crippen molar-refractivity contribution in [2.24, 2.45) is 0 Å². The third-order valence-electron chi connectivity index (χ3n) is 2.84. The Labute approximate surface area is 112 Å². The number of rotatable bonds is 3. The predicted molar refractivity (Wildman–Crippen MR) is 66.6 cm³/mol. The highest BCUT2D eigenvalue weighted by atomic mass is 19.3. The van der Waals surface area contributed by atoms with Crippen LogP contribution in [-0.4, -0.2) is 4.57 Å². The number of hydrogen-bond acceptors (Lipinski definition) is 1. The van der Waals surface area contributed by atoms with Gasteiger partial charge < -0.3 is 0 Å².